The molecule has 0 aliphatic carbocycles. The minimum Gasteiger partial charge on any atom is -0.254 e. The van der Waals surface area contributed by atoms with Gasteiger partial charge in [-0.05, 0) is 60.7 Å². The summed E-state index contributed by atoms with van der Waals surface area (Å²) in [5, 5.41) is 5.73. The highest BCUT2D eigenvalue weighted by molar-refractivity contribution is 6.07. The van der Waals surface area contributed by atoms with Crippen LogP contribution >= 0.6 is 0 Å². The number of benzene rings is 1. The second kappa shape index (κ2) is 9.37. The highest BCUT2D eigenvalue weighted by Crippen LogP contribution is 2.32. The van der Waals surface area contributed by atoms with Crippen LogP contribution in [0.2, 0.25) is 0 Å². The lowest BCUT2D eigenvalue weighted by Crippen LogP contribution is -2.11. The number of hydrogen-bond donors (Lipinski definition) is 0. The SMILES string of the molecule is c1cnc2c(c1)ccc1ccc(-c3nc(-n4c5ncccc5c5cccnc54)nc(-n4c5ncccc5c5cccnc54)n3)nc12. The van der Waals surface area contributed by atoms with Crippen molar-refractivity contribution in [1.29, 1.82) is 0 Å². The number of rotatable bonds is 3. The summed E-state index contributed by atoms with van der Waals surface area (Å²) in [6, 6.07) is 27.7. The van der Waals surface area contributed by atoms with E-state index in [9.17, 15) is 0 Å². The maximum atomic E-state index is 5.07. The van der Waals surface area contributed by atoms with Crippen molar-refractivity contribution in [2.75, 3.05) is 0 Å². The van der Waals surface area contributed by atoms with Crippen molar-refractivity contribution in [2.45, 2.75) is 0 Å². The van der Waals surface area contributed by atoms with Gasteiger partial charge in [0.2, 0.25) is 11.9 Å². The zero-order valence-corrected chi connectivity index (χ0v) is 23.9. The second-order valence-electron chi connectivity index (χ2n) is 10.8. The molecule has 0 atom stereocenters. The molecule has 11 nitrogen and oxygen atoms in total. The van der Waals surface area contributed by atoms with Gasteiger partial charge in [-0.3, -0.25) is 4.98 Å². The Hall–Kier alpha value is -6.75. The number of aromatic nitrogens is 11. The van der Waals surface area contributed by atoms with E-state index in [1.165, 1.54) is 0 Å². The lowest BCUT2D eigenvalue weighted by atomic mass is 10.1. The van der Waals surface area contributed by atoms with Crippen LogP contribution in [-0.4, -0.2) is 54.0 Å². The van der Waals surface area contributed by atoms with Crippen LogP contribution in [0.1, 0.15) is 0 Å². The molecule has 1 aromatic carbocycles. The molecule has 0 fully saturated rings. The van der Waals surface area contributed by atoms with Gasteiger partial charge in [0.05, 0.1) is 11.0 Å². The molecule has 0 amide bonds. The number of fused-ring (bicyclic) bond motifs is 9. The van der Waals surface area contributed by atoms with Crippen LogP contribution in [0.4, 0.5) is 0 Å². The third-order valence-electron chi connectivity index (χ3n) is 8.25. The van der Waals surface area contributed by atoms with E-state index >= 15 is 0 Å². The smallest absolute Gasteiger partial charge is 0.242 e. The fourth-order valence-corrected chi connectivity index (χ4v) is 6.24. The topological polar surface area (TPSA) is 126 Å². The van der Waals surface area contributed by atoms with Gasteiger partial charge in [0.25, 0.3) is 0 Å². The fraction of sp³-hybridized carbons (Fsp3) is 0. The Morgan fingerprint density at radius 1 is 0.370 bits per heavy atom. The van der Waals surface area contributed by atoms with E-state index in [2.05, 4.69) is 11.1 Å². The molecular weight excluding hydrogens is 574 g/mol. The molecule has 0 bridgehead atoms. The number of nitrogens with zero attached hydrogens (tertiary/aromatic N) is 11. The molecule has 0 unspecified atom stereocenters. The number of pyridine rings is 6. The van der Waals surface area contributed by atoms with Gasteiger partial charge in [0.1, 0.15) is 28.3 Å². The average molecular weight is 594 g/mol. The first-order valence-electron chi connectivity index (χ1n) is 14.6. The van der Waals surface area contributed by atoms with Crippen molar-refractivity contribution in [3.63, 3.8) is 0 Å². The van der Waals surface area contributed by atoms with E-state index in [-0.39, 0.29) is 0 Å². The van der Waals surface area contributed by atoms with E-state index in [1.807, 2.05) is 88.0 Å². The molecule has 0 spiro atoms. The highest BCUT2D eigenvalue weighted by atomic mass is 15.3. The Morgan fingerprint density at radius 3 is 1.33 bits per heavy atom. The van der Waals surface area contributed by atoms with Crippen LogP contribution in [0.15, 0.2) is 116 Å². The molecule has 0 N–H and O–H groups in total. The molecule has 0 aliphatic heterocycles. The van der Waals surface area contributed by atoms with Crippen molar-refractivity contribution < 1.29 is 0 Å². The van der Waals surface area contributed by atoms with E-state index in [1.54, 1.807) is 31.0 Å². The Bertz CT molecular complexity index is 2600. The lowest BCUT2D eigenvalue weighted by molar-refractivity contribution is 0.873. The zero-order valence-electron chi connectivity index (χ0n) is 23.9. The molecule has 11 heteroatoms. The van der Waals surface area contributed by atoms with Crippen molar-refractivity contribution >= 4 is 65.9 Å². The molecule has 9 aromatic heterocycles. The van der Waals surface area contributed by atoms with E-state index < -0.39 is 0 Å². The van der Waals surface area contributed by atoms with Crippen molar-refractivity contribution in [3.05, 3.63) is 116 Å². The maximum Gasteiger partial charge on any atom is 0.242 e. The average Bonchev–Trinajstić information content (AvgIpc) is 3.64. The van der Waals surface area contributed by atoms with Gasteiger partial charge in [-0.25, -0.2) is 34.1 Å². The Labute approximate surface area is 259 Å². The van der Waals surface area contributed by atoms with Crippen LogP contribution in [0, 0.1) is 0 Å². The predicted molar refractivity (Wildman–Crippen MR) is 176 cm³/mol. The summed E-state index contributed by atoms with van der Waals surface area (Å²) in [6.07, 6.45) is 8.80. The Kier molecular flexibility index (Phi) is 5.03. The molecular formula is C35H19N11. The minimum atomic E-state index is 0.345. The van der Waals surface area contributed by atoms with Gasteiger partial charge in [-0.1, -0.05) is 24.3 Å². The third-order valence-corrected chi connectivity index (χ3v) is 8.25. The number of hydrogen-bond acceptors (Lipinski definition) is 9. The van der Waals surface area contributed by atoms with Gasteiger partial charge in [-0.2, -0.15) is 15.0 Å². The Morgan fingerprint density at radius 2 is 0.804 bits per heavy atom. The first kappa shape index (κ1) is 24.7. The largest absolute Gasteiger partial charge is 0.254 e. The lowest BCUT2D eigenvalue weighted by Gasteiger charge is -2.11. The van der Waals surface area contributed by atoms with E-state index in [0.717, 1.165) is 43.4 Å². The first-order chi connectivity index (χ1) is 22.8. The molecule has 46 heavy (non-hydrogen) atoms. The van der Waals surface area contributed by atoms with Gasteiger partial charge < -0.3 is 0 Å². The summed E-state index contributed by atoms with van der Waals surface area (Å²) in [5.74, 6) is 1.06. The molecule has 214 valence electrons. The highest BCUT2D eigenvalue weighted by Gasteiger charge is 2.22. The third kappa shape index (κ3) is 3.50. The van der Waals surface area contributed by atoms with Crippen molar-refractivity contribution in [2.24, 2.45) is 0 Å². The van der Waals surface area contributed by atoms with E-state index in [0.29, 0.717) is 46.0 Å². The van der Waals surface area contributed by atoms with Crippen LogP contribution in [0.25, 0.3) is 89.4 Å². The summed E-state index contributed by atoms with van der Waals surface area (Å²) >= 11 is 0. The minimum absolute atomic E-state index is 0.345. The second-order valence-corrected chi connectivity index (χ2v) is 10.8. The molecule has 0 saturated heterocycles. The summed E-state index contributed by atoms with van der Waals surface area (Å²) in [6.45, 7) is 0. The normalized spacial score (nSPS) is 11.9. The van der Waals surface area contributed by atoms with Gasteiger partial charge >= 0.3 is 0 Å². The molecule has 0 saturated carbocycles. The Balaban J connectivity index is 1.32. The van der Waals surface area contributed by atoms with Crippen LogP contribution < -0.4 is 0 Å². The fourth-order valence-electron chi connectivity index (χ4n) is 6.24. The molecule has 9 heterocycles. The summed E-state index contributed by atoms with van der Waals surface area (Å²) in [7, 11) is 0. The summed E-state index contributed by atoms with van der Waals surface area (Å²) < 4.78 is 3.73. The van der Waals surface area contributed by atoms with E-state index in [4.69, 9.17) is 39.9 Å². The summed E-state index contributed by atoms with van der Waals surface area (Å²) in [5.41, 5.74) is 4.86. The molecule has 0 aliphatic rings. The molecule has 10 aromatic rings. The standard InChI is InChI=1S/C35H19N11/c1-6-20-11-12-21-13-14-26(41-28(21)27(20)36-15-1)29-42-34(45-30-22(7-2-16-37-30)23-8-3-17-38-31(23)45)44-35(43-29)46-32-24(9-4-18-39-32)25-10-5-19-40-33(25)46/h1-19H. The van der Waals surface area contributed by atoms with Crippen LogP contribution in [0.3, 0.4) is 0 Å². The monoisotopic (exact) mass is 593 g/mol. The zero-order chi connectivity index (χ0) is 30.2. The maximum absolute atomic E-state index is 5.07. The predicted octanol–water partition coefficient (Wildman–Crippen LogP) is 6.41. The van der Waals surface area contributed by atoms with Gasteiger partial charge in [0.15, 0.2) is 5.82 Å². The van der Waals surface area contributed by atoms with Crippen molar-refractivity contribution in [3.8, 4) is 23.4 Å². The quantitative estimate of drug-likeness (QED) is 0.214. The van der Waals surface area contributed by atoms with Gasteiger partial charge in [0, 0.05) is 63.3 Å². The van der Waals surface area contributed by atoms with Crippen LogP contribution in [0.5, 0.6) is 0 Å². The summed E-state index contributed by atoms with van der Waals surface area (Å²) in [4.78, 5) is 43.8. The first-order valence-corrected chi connectivity index (χ1v) is 14.6. The van der Waals surface area contributed by atoms with Gasteiger partial charge in [-0.15, -0.1) is 0 Å². The molecule has 10 rings (SSSR count). The van der Waals surface area contributed by atoms with Crippen molar-refractivity contribution in [1.82, 2.24) is 54.0 Å². The van der Waals surface area contributed by atoms with Crippen LogP contribution in [-0.2, 0) is 0 Å². The molecule has 0 radical (unpaired) electrons.